The Morgan fingerprint density at radius 1 is 1.29 bits per heavy atom. The third-order valence-electron chi connectivity index (χ3n) is 3.69. The second-order valence-electron chi connectivity index (χ2n) is 5.00. The van der Waals surface area contributed by atoms with Crippen LogP contribution in [-0.2, 0) is 14.4 Å². The minimum absolute atomic E-state index is 0.00874. The van der Waals surface area contributed by atoms with Crippen LogP contribution in [0.5, 0.6) is 5.75 Å². The van der Waals surface area contributed by atoms with Gasteiger partial charge in [-0.25, -0.2) is 0 Å². The molecular weight excluding hydrogens is 272 g/mol. The average molecular weight is 290 g/mol. The van der Waals surface area contributed by atoms with Crippen LogP contribution >= 0.6 is 0 Å². The van der Waals surface area contributed by atoms with Crippen LogP contribution in [0.25, 0.3) is 0 Å². The molecule has 0 bridgehead atoms. The lowest BCUT2D eigenvalue weighted by Crippen LogP contribution is -2.45. The number of oxime groups is 1. The third kappa shape index (κ3) is 3.00. The quantitative estimate of drug-likeness (QED) is 0.835. The number of benzene rings is 1. The topological polar surface area (TPSA) is 60.4 Å². The lowest BCUT2D eigenvalue weighted by Gasteiger charge is -2.28. The van der Waals surface area contributed by atoms with Crippen molar-refractivity contribution in [1.82, 2.24) is 4.90 Å². The van der Waals surface area contributed by atoms with E-state index in [1.807, 2.05) is 24.3 Å². The Kier molecular flexibility index (Phi) is 4.06. The summed E-state index contributed by atoms with van der Waals surface area (Å²) in [6, 6.07) is 7.58. The molecule has 1 saturated heterocycles. The number of carbonyl (C=O) groups is 1. The molecule has 1 atom stereocenters. The molecule has 3 rings (SSSR count). The maximum atomic E-state index is 12.3. The van der Waals surface area contributed by atoms with Gasteiger partial charge in [-0.3, -0.25) is 4.79 Å². The molecule has 6 heteroatoms. The maximum absolute atomic E-state index is 12.3. The number of amides is 1. The van der Waals surface area contributed by atoms with Crippen LogP contribution < -0.4 is 4.74 Å². The van der Waals surface area contributed by atoms with Crippen molar-refractivity contribution in [3.63, 3.8) is 0 Å². The Hall–Kier alpha value is -2.08. The predicted octanol–water partition coefficient (Wildman–Crippen LogP) is 1.05. The highest BCUT2D eigenvalue weighted by Gasteiger charge is 2.32. The molecule has 1 fully saturated rings. The minimum atomic E-state index is -0.514. The molecule has 0 unspecified atom stereocenters. The van der Waals surface area contributed by atoms with Gasteiger partial charge in [0.2, 0.25) is 6.10 Å². The maximum Gasteiger partial charge on any atom is 0.267 e. The molecule has 2 heterocycles. The summed E-state index contributed by atoms with van der Waals surface area (Å²) in [4.78, 5) is 19.4. The molecule has 0 radical (unpaired) electrons. The van der Waals surface area contributed by atoms with Gasteiger partial charge in [-0.15, -0.1) is 0 Å². The van der Waals surface area contributed by atoms with Crippen molar-refractivity contribution in [2.24, 2.45) is 5.16 Å². The lowest BCUT2D eigenvalue weighted by atomic mass is 10.0. The first-order valence-electron chi connectivity index (χ1n) is 7.01. The molecule has 0 aromatic heterocycles. The van der Waals surface area contributed by atoms with Gasteiger partial charge in [0, 0.05) is 19.5 Å². The van der Waals surface area contributed by atoms with E-state index in [1.165, 1.54) is 0 Å². The van der Waals surface area contributed by atoms with E-state index in [4.69, 9.17) is 14.3 Å². The standard InChI is InChI=1S/C15H18N2O4/c1-19-12-4-2-11(3-5-12)13-10-14(21-16-13)15(18)17-6-8-20-9-7-17/h2-5,14H,6-10H2,1H3/t14-/m0/s1. The van der Waals surface area contributed by atoms with Crippen molar-refractivity contribution in [3.05, 3.63) is 29.8 Å². The smallest absolute Gasteiger partial charge is 0.267 e. The first-order chi connectivity index (χ1) is 10.3. The molecule has 112 valence electrons. The molecule has 0 saturated carbocycles. The van der Waals surface area contributed by atoms with Crippen molar-refractivity contribution >= 4 is 11.6 Å². The van der Waals surface area contributed by atoms with Crippen molar-refractivity contribution in [2.45, 2.75) is 12.5 Å². The largest absolute Gasteiger partial charge is 0.497 e. The molecule has 0 spiro atoms. The Bertz CT molecular complexity index is 535. The van der Waals surface area contributed by atoms with Crippen LogP contribution in [-0.4, -0.2) is 56.0 Å². The fraction of sp³-hybridized carbons (Fsp3) is 0.467. The molecule has 1 aromatic rings. The Labute approximate surface area is 123 Å². The number of methoxy groups -OCH3 is 1. The van der Waals surface area contributed by atoms with E-state index in [9.17, 15) is 4.79 Å². The first kappa shape index (κ1) is 13.9. The first-order valence-corrected chi connectivity index (χ1v) is 7.01. The lowest BCUT2D eigenvalue weighted by molar-refractivity contribution is -0.146. The Morgan fingerprint density at radius 2 is 2.00 bits per heavy atom. The van der Waals surface area contributed by atoms with Gasteiger partial charge in [-0.1, -0.05) is 5.16 Å². The van der Waals surface area contributed by atoms with Gasteiger partial charge in [0.1, 0.15) is 5.75 Å². The number of hydrogen-bond acceptors (Lipinski definition) is 5. The SMILES string of the molecule is COc1ccc(C2=NO[C@H](C(=O)N3CCOCC3)C2)cc1. The van der Waals surface area contributed by atoms with Crippen LogP contribution in [0.2, 0.25) is 0 Å². The second-order valence-corrected chi connectivity index (χ2v) is 5.00. The van der Waals surface area contributed by atoms with Crippen LogP contribution in [0.3, 0.4) is 0 Å². The summed E-state index contributed by atoms with van der Waals surface area (Å²) < 4.78 is 10.4. The highest BCUT2D eigenvalue weighted by Crippen LogP contribution is 2.20. The van der Waals surface area contributed by atoms with E-state index in [2.05, 4.69) is 5.16 Å². The molecule has 1 aromatic carbocycles. The van der Waals surface area contributed by atoms with E-state index in [-0.39, 0.29) is 5.91 Å². The number of ether oxygens (including phenoxy) is 2. The summed E-state index contributed by atoms with van der Waals surface area (Å²) in [6.07, 6.45) is -0.0112. The van der Waals surface area contributed by atoms with Gasteiger partial charge < -0.3 is 19.2 Å². The van der Waals surface area contributed by atoms with Gasteiger partial charge in [-0.05, 0) is 29.8 Å². The summed E-state index contributed by atoms with van der Waals surface area (Å²) in [5.74, 6) is 0.782. The Morgan fingerprint density at radius 3 is 2.67 bits per heavy atom. The summed E-state index contributed by atoms with van der Waals surface area (Å²) in [5.41, 5.74) is 1.75. The van der Waals surface area contributed by atoms with Crippen LogP contribution in [0.1, 0.15) is 12.0 Å². The zero-order valence-electron chi connectivity index (χ0n) is 11.9. The van der Waals surface area contributed by atoms with Crippen LogP contribution in [0.4, 0.5) is 0 Å². The van der Waals surface area contributed by atoms with E-state index in [1.54, 1.807) is 12.0 Å². The van der Waals surface area contributed by atoms with Gasteiger partial charge in [0.15, 0.2) is 0 Å². The summed E-state index contributed by atoms with van der Waals surface area (Å²) in [6.45, 7) is 2.42. The number of carbonyl (C=O) groups excluding carboxylic acids is 1. The highest BCUT2D eigenvalue weighted by molar-refractivity contribution is 6.04. The minimum Gasteiger partial charge on any atom is -0.497 e. The normalized spacial score (nSPS) is 21.7. The molecule has 21 heavy (non-hydrogen) atoms. The highest BCUT2D eigenvalue weighted by atomic mass is 16.6. The third-order valence-corrected chi connectivity index (χ3v) is 3.69. The molecule has 1 amide bonds. The monoisotopic (exact) mass is 290 g/mol. The number of nitrogens with zero attached hydrogens (tertiary/aromatic N) is 2. The molecular formula is C15H18N2O4. The summed E-state index contributed by atoms with van der Waals surface area (Å²) >= 11 is 0. The molecule has 2 aliphatic rings. The second kappa shape index (κ2) is 6.13. The van der Waals surface area contributed by atoms with Crippen molar-refractivity contribution in [1.29, 1.82) is 0 Å². The zero-order valence-corrected chi connectivity index (χ0v) is 11.9. The zero-order chi connectivity index (χ0) is 14.7. The van der Waals surface area contributed by atoms with Crippen molar-refractivity contribution < 1.29 is 19.1 Å². The number of hydrogen-bond donors (Lipinski definition) is 0. The number of rotatable bonds is 3. The van der Waals surface area contributed by atoms with E-state index in [0.717, 1.165) is 17.0 Å². The van der Waals surface area contributed by atoms with Crippen LogP contribution in [0, 0.1) is 0 Å². The number of morpholine rings is 1. The fourth-order valence-corrected chi connectivity index (χ4v) is 2.45. The van der Waals surface area contributed by atoms with Crippen molar-refractivity contribution in [3.8, 4) is 5.75 Å². The van der Waals surface area contributed by atoms with E-state index in [0.29, 0.717) is 32.7 Å². The summed E-state index contributed by atoms with van der Waals surface area (Å²) in [5, 5.41) is 4.06. The molecule has 0 aliphatic carbocycles. The van der Waals surface area contributed by atoms with E-state index < -0.39 is 6.10 Å². The van der Waals surface area contributed by atoms with Crippen LogP contribution in [0.15, 0.2) is 29.4 Å². The fourth-order valence-electron chi connectivity index (χ4n) is 2.45. The molecule has 0 N–H and O–H groups in total. The van der Waals surface area contributed by atoms with Crippen molar-refractivity contribution in [2.75, 3.05) is 33.4 Å². The summed E-state index contributed by atoms with van der Waals surface area (Å²) in [7, 11) is 1.63. The van der Waals surface area contributed by atoms with Gasteiger partial charge in [0.05, 0.1) is 26.0 Å². The molecule has 6 nitrogen and oxygen atoms in total. The Balaban J connectivity index is 1.62. The predicted molar refractivity (Wildman–Crippen MR) is 76.4 cm³/mol. The van der Waals surface area contributed by atoms with Gasteiger partial charge in [-0.2, -0.15) is 0 Å². The van der Waals surface area contributed by atoms with Gasteiger partial charge >= 0.3 is 0 Å². The van der Waals surface area contributed by atoms with E-state index >= 15 is 0 Å². The van der Waals surface area contributed by atoms with Gasteiger partial charge in [0.25, 0.3) is 5.91 Å². The average Bonchev–Trinajstić information content (AvgIpc) is 3.05. The molecule has 2 aliphatic heterocycles.